The summed E-state index contributed by atoms with van der Waals surface area (Å²) in [6, 6.07) is 14.1. The molecule has 1 amide bonds. The number of carbonyl (C=O) groups is 1. The first-order valence-corrected chi connectivity index (χ1v) is 11.3. The summed E-state index contributed by atoms with van der Waals surface area (Å²) in [4.78, 5) is 15.4. The van der Waals surface area contributed by atoms with Crippen LogP contribution in [0.3, 0.4) is 0 Å². The third kappa shape index (κ3) is 5.37. The molecular weight excluding hydrogens is 402 g/mol. The third-order valence-corrected chi connectivity index (χ3v) is 5.98. The quantitative estimate of drug-likeness (QED) is 0.539. The Balaban J connectivity index is 1.39. The van der Waals surface area contributed by atoms with Crippen LogP contribution >= 0.6 is 0 Å². The molecule has 3 aromatic rings. The van der Waals surface area contributed by atoms with E-state index in [4.69, 9.17) is 9.26 Å². The van der Waals surface area contributed by atoms with Crippen molar-refractivity contribution in [1.29, 1.82) is 0 Å². The molecule has 0 unspecified atom stereocenters. The number of anilines is 1. The zero-order valence-electron chi connectivity index (χ0n) is 19.1. The van der Waals surface area contributed by atoms with Gasteiger partial charge in [0.25, 0.3) is 5.91 Å². The molecule has 6 nitrogen and oxygen atoms in total. The van der Waals surface area contributed by atoms with Crippen molar-refractivity contribution in [1.82, 2.24) is 10.1 Å². The van der Waals surface area contributed by atoms with Gasteiger partial charge in [0.2, 0.25) is 0 Å². The second-order valence-electron chi connectivity index (χ2n) is 8.61. The Kier molecular flexibility index (Phi) is 6.90. The van der Waals surface area contributed by atoms with Gasteiger partial charge >= 0.3 is 0 Å². The molecule has 1 aromatic heterocycles. The number of likely N-dealkylation sites (tertiary alicyclic amines) is 1. The van der Waals surface area contributed by atoms with E-state index in [1.165, 1.54) is 24.8 Å². The molecule has 168 valence electrons. The van der Waals surface area contributed by atoms with E-state index in [9.17, 15) is 4.79 Å². The van der Waals surface area contributed by atoms with Gasteiger partial charge in [0, 0.05) is 12.2 Å². The zero-order valence-corrected chi connectivity index (χ0v) is 19.1. The maximum Gasteiger partial charge on any atom is 0.278 e. The Hall–Kier alpha value is -3.12. The van der Waals surface area contributed by atoms with E-state index in [1.807, 2.05) is 44.2 Å². The van der Waals surface area contributed by atoms with Crippen molar-refractivity contribution >= 4 is 11.6 Å². The summed E-state index contributed by atoms with van der Waals surface area (Å²) in [7, 11) is 0. The van der Waals surface area contributed by atoms with Crippen LogP contribution in [-0.2, 0) is 13.2 Å². The Labute approximate surface area is 189 Å². The molecule has 4 rings (SSSR count). The van der Waals surface area contributed by atoms with Crippen LogP contribution in [0.4, 0.5) is 5.69 Å². The van der Waals surface area contributed by atoms with Crippen molar-refractivity contribution in [3.05, 3.63) is 76.2 Å². The van der Waals surface area contributed by atoms with Gasteiger partial charge in [-0.2, -0.15) is 0 Å². The average Bonchev–Trinajstić information content (AvgIpc) is 3.17. The number of hydrogen-bond acceptors (Lipinski definition) is 5. The second kappa shape index (κ2) is 10.0. The van der Waals surface area contributed by atoms with Gasteiger partial charge in [-0.3, -0.25) is 9.69 Å². The molecule has 1 aliphatic heterocycles. The summed E-state index contributed by atoms with van der Waals surface area (Å²) >= 11 is 0. The first-order chi connectivity index (χ1) is 15.5. The molecule has 1 saturated heterocycles. The number of hydrogen-bond donors (Lipinski definition) is 1. The Bertz CT molecular complexity index is 1070. The number of aryl methyl sites for hydroxylation is 3. The van der Waals surface area contributed by atoms with Crippen molar-refractivity contribution in [3.63, 3.8) is 0 Å². The maximum absolute atomic E-state index is 12.9. The van der Waals surface area contributed by atoms with Crippen LogP contribution in [0.25, 0.3) is 0 Å². The maximum atomic E-state index is 12.9. The fourth-order valence-electron chi connectivity index (χ4n) is 4.01. The zero-order chi connectivity index (χ0) is 22.5. The highest BCUT2D eigenvalue weighted by molar-refractivity contribution is 6.03. The van der Waals surface area contributed by atoms with Gasteiger partial charge in [-0.05, 0) is 81.6 Å². The molecular formula is C26H31N3O3. The first kappa shape index (κ1) is 22.1. The molecule has 0 radical (unpaired) electrons. The molecule has 1 aliphatic rings. The van der Waals surface area contributed by atoms with Gasteiger partial charge in [0.15, 0.2) is 5.69 Å². The lowest BCUT2D eigenvalue weighted by Crippen LogP contribution is -2.29. The Morgan fingerprint density at radius 1 is 1.06 bits per heavy atom. The number of nitrogens with one attached hydrogen (secondary N) is 1. The average molecular weight is 434 g/mol. The third-order valence-electron chi connectivity index (χ3n) is 5.98. The minimum atomic E-state index is -0.301. The van der Waals surface area contributed by atoms with Crippen LogP contribution < -0.4 is 10.1 Å². The number of aromatic nitrogens is 1. The van der Waals surface area contributed by atoms with Gasteiger partial charge in [0.05, 0.1) is 5.56 Å². The van der Waals surface area contributed by atoms with E-state index in [-0.39, 0.29) is 18.2 Å². The lowest BCUT2D eigenvalue weighted by Gasteiger charge is -2.26. The predicted octanol–water partition coefficient (Wildman–Crippen LogP) is 5.42. The minimum absolute atomic E-state index is 0.219. The normalized spacial score (nSPS) is 14.3. The van der Waals surface area contributed by atoms with Crippen molar-refractivity contribution in [2.75, 3.05) is 18.4 Å². The standard InChI is InChI=1S/C26H31N3O3/c1-18-7-8-19(2)24(15-18)31-17-23-20(3)32-28-25(23)26(30)27-22-11-9-21(10-12-22)16-29-13-5-4-6-14-29/h7-12,15H,4-6,13-14,16-17H2,1-3H3,(H,27,30). The van der Waals surface area contributed by atoms with Crippen LogP contribution in [0.15, 0.2) is 47.0 Å². The second-order valence-corrected chi connectivity index (χ2v) is 8.61. The molecule has 32 heavy (non-hydrogen) atoms. The first-order valence-electron chi connectivity index (χ1n) is 11.3. The molecule has 1 fully saturated rings. The molecule has 0 bridgehead atoms. The minimum Gasteiger partial charge on any atom is -0.488 e. The van der Waals surface area contributed by atoms with Crippen LogP contribution in [-0.4, -0.2) is 29.1 Å². The van der Waals surface area contributed by atoms with Gasteiger partial charge in [0.1, 0.15) is 18.1 Å². The SMILES string of the molecule is Cc1ccc(C)c(OCc2c(C(=O)Nc3ccc(CN4CCCCC4)cc3)noc2C)c1. The number of nitrogens with zero attached hydrogens (tertiary/aromatic N) is 2. The summed E-state index contributed by atoms with van der Waals surface area (Å²) in [5.74, 6) is 1.07. The van der Waals surface area contributed by atoms with Gasteiger partial charge in [-0.15, -0.1) is 0 Å². The molecule has 6 heteroatoms. The smallest absolute Gasteiger partial charge is 0.278 e. The summed E-state index contributed by atoms with van der Waals surface area (Å²) in [6.45, 7) is 9.31. The number of amides is 1. The van der Waals surface area contributed by atoms with E-state index in [0.29, 0.717) is 11.3 Å². The highest BCUT2D eigenvalue weighted by Crippen LogP contribution is 2.23. The summed E-state index contributed by atoms with van der Waals surface area (Å²) in [5, 5.41) is 6.92. The topological polar surface area (TPSA) is 67.6 Å². The van der Waals surface area contributed by atoms with E-state index < -0.39 is 0 Å². The lowest BCUT2D eigenvalue weighted by molar-refractivity contribution is 0.101. The number of ether oxygens (including phenoxy) is 1. The fourth-order valence-corrected chi connectivity index (χ4v) is 4.01. The van der Waals surface area contributed by atoms with Crippen molar-refractivity contribution < 1.29 is 14.1 Å². The van der Waals surface area contributed by atoms with Crippen LogP contribution in [0.1, 0.15) is 57.8 Å². The molecule has 0 atom stereocenters. The van der Waals surface area contributed by atoms with Crippen LogP contribution in [0.5, 0.6) is 5.75 Å². The van der Waals surface area contributed by atoms with E-state index >= 15 is 0 Å². The largest absolute Gasteiger partial charge is 0.488 e. The summed E-state index contributed by atoms with van der Waals surface area (Å²) < 4.78 is 11.3. The Morgan fingerprint density at radius 2 is 1.81 bits per heavy atom. The van der Waals surface area contributed by atoms with Crippen molar-refractivity contribution in [3.8, 4) is 5.75 Å². The number of rotatable bonds is 7. The molecule has 0 saturated carbocycles. The van der Waals surface area contributed by atoms with Crippen LogP contribution in [0.2, 0.25) is 0 Å². The number of benzene rings is 2. The number of carbonyl (C=O) groups excluding carboxylic acids is 1. The predicted molar refractivity (Wildman–Crippen MR) is 125 cm³/mol. The van der Waals surface area contributed by atoms with Crippen molar-refractivity contribution in [2.24, 2.45) is 0 Å². The highest BCUT2D eigenvalue weighted by atomic mass is 16.5. The molecule has 2 heterocycles. The summed E-state index contributed by atoms with van der Waals surface area (Å²) in [5.41, 5.74) is 5.06. The van der Waals surface area contributed by atoms with E-state index in [1.54, 1.807) is 6.92 Å². The van der Waals surface area contributed by atoms with Crippen molar-refractivity contribution in [2.45, 2.75) is 53.2 Å². The van der Waals surface area contributed by atoms with Gasteiger partial charge < -0.3 is 14.6 Å². The van der Waals surface area contributed by atoms with E-state index in [2.05, 4.69) is 27.5 Å². The summed E-state index contributed by atoms with van der Waals surface area (Å²) in [6.07, 6.45) is 3.89. The fraction of sp³-hybridized carbons (Fsp3) is 0.385. The molecule has 0 spiro atoms. The Morgan fingerprint density at radius 3 is 2.56 bits per heavy atom. The molecule has 0 aliphatic carbocycles. The number of piperidine rings is 1. The van der Waals surface area contributed by atoms with Gasteiger partial charge in [-0.25, -0.2) is 0 Å². The molecule has 2 aromatic carbocycles. The highest BCUT2D eigenvalue weighted by Gasteiger charge is 2.21. The monoisotopic (exact) mass is 433 g/mol. The lowest BCUT2D eigenvalue weighted by atomic mass is 10.1. The molecule has 1 N–H and O–H groups in total. The van der Waals surface area contributed by atoms with Crippen LogP contribution in [0, 0.1) is 20.8 Å². The van der Waals surface area contributed by atoms with E-state index in [0.717, 1.165) is 42.2 Å². The van der Waals surface area contributed by atoms with Gasteiger partial charge in [-0.1, -0.05) is 35.8 Å².